The van der Waals surface area contributed by atoms with E-state index >= 15 is 0 Å². The van der Waals surface area contributed by atoms with Gasteiger partial charge in [0.15, 0.2) is 0 Å². The summed E-state index contributed by atoms with van der Waals surface area (Å²) in [5, 5.41) is 7.50. The van der Waals surface area contributed by atoms with Crippen molar-refractivity contribution in [2.24, 2.45) is 0 Å². The van der Waals surface area contributed by atoms with Crippen LogP contribution in [0.2, 0.25) is 0 Å². The first-order chi connectivity index (χ1) is 14.6. The molecule has 0 spiro atoms. The van der Waals surface area contributed by atoms with Crippen LogP contribution in [0.1, 0.15) is 17.5 Å². The number of aromatic nitrogens is 4. The number of ether oxygens (including phenoxy) is 1. The van der Waals surface area contributed by atoms with E-state index in [2.05, 4.69) is 25.6 Å². The van der Waals surface area contributed by atoms with Crippen LogP contribution in [0.25, 0.3) is 20.9 Å². The SMILES string of the molecule is Cc1cc(Nc2cc3nc(-c4ncccc4C)sc3cn2)nc(O[C@H]2CCNC2)c1. The Labute approximate surface area is 178 Å². The molecule has 0 aromatic carbocycles. The summed E-state index contributed by atoms with van der Waals surface area (Å²) in [4.78, 5) is 18.4. The molecule has 0 bridgehead atoms. The van der Waals surface area contributed by atoms with Crippen LogP contribution in [0.3, 0.4) is 0 Å². The molecule has 4 aromatic rings. The topological polar surface area (TPSA) is 84.9 Å². The van der Waals surface area contributed by atoms with Crippen molar-refractivity contribution >= 4 is 33.2 Å². The number of pyridine rings is 3. The molecule has 1 aliphatic heterocycles. The highest BCUT2D eigenvalue weighted by atomic mass is 32.1. The third-order valence-electron chi connectivity index (χ3n) is 4.99. The molecule has 0 aliphatic carbocycles. The Hall–Kier alpha value is -3.10. The summed E-state index contributed by atoms with van der Waals surface area (Å²) in [6.07, 6.45) is 4.81. The van der Waals surface area contributed by atoms with Gasteiger partial charge < -0.3 is 15.4 Å². The summed E-state index contributed by atoms with van der Waals surface area (Å²) < 4.78 is 7.04. The van der Waals surface area contributed by atoms with Gasteiger partial charge >= 0.3 is 0 Å². The lowest BCUT2D eigenvalue weighted by Gasteiger charge is -2.13. The molecule has 1 aliphatic rings. The van der Waals surface area contributed by atoms with E-state index in [1.807, 2.05) is 50.4 Å². The van der Waals surface area contributed by atoms with Gasteiger partial charge in [0.2, 0.25) is 5.88 Å². The van der Waals surface area contributed by atoms with Gasteiger partial charge in [-0.15, -0.1) is 11.3 Å². The Balaban J connectivity index is 1.40. The van der Waals surface area contributed by atoms with Crippen molar-refractivity contribution in [3.63, 3.8) is 0 Å². The van der Waals surface area contributed by atoms with Crippen LogP contribution >= 0.6 is 11.3 Å². The number of fused-ring (bicyclic) bond motifs is 1. The maximum Gasteiger partial charge on any atom is 0.215 e. The average Bonchev–Trinajstić information content (AvgIpc) is 3.37. The van der Waals surface area contributed by atoms with Crippen LogP contribution in [-0.2, 0) is 0 Å². The summed E-state index contributed by atoms with van der Waals surface area (Å²) in [6, 6.07) is 9.87. The first kappa shape index (κ1) is 18.9. The molecule has 7 nitrogen and oxygen atoms in total. The Morgan fingerprint density at radius 3 is 2.90 bits per heavy atom. The lowest BCUT2D eigenvalue weighted by Crippen LogP contribution is -2.20. The van der Waals surface area contributed by atoms with Crippen molar-refractivity contribution in [2.45, 2.75) is 26.4 Å². The number of anilines is 2. The van der Waals surface area contributed by atoms with E-state index < -0.39 is 0 Å². The second-order valence-electron chi connectivity index (χ2n) is 7.45. The fraction of sp³-hybridized carbons (Fsp3) is 0.273. The molecule has 4 aromatic heterocycles. The first-order valence-corrected chi connectivity index (χ1v) is 10.8. The highest BCUT2D eigenvalue weighted by Gasteiger charge is 2.17. The standard InChI is InChI=1S/C22H22N6OS/c1-13-8-19(28-20(9-13)29-15-5-7-23-11-15)27-18-10-16-17(12-25-18)30-22(26-16)21-14(2)4-3-6-24-21/h3-4,6,8-10,12,15,23H,5,7,11H2,1-2H3,(H,25,27,28)/t15-/m0/s1. The van der Waals surface area contributed by atoms with E-state index in [1.54, 1.807) is 17.5 Å². The van der Waals surface area contributed by atoms with Crippen molar-refractivity contribution in [3.05, 3.63) is 53.9 Å². The van der Waals surface area contributed by atoms with E-state index in [0.29, 0.717) is 17.5 Å². The minimum Gasteiger partial charge on any atom is -0.473 e. The van der Waals surface area contributed by atoms with Crippen LogP contribution in [0, 0.1) is 13.8 Å². The Kier molecular flexibility index (Phi) is 5.02. The van der Waals surface area contributed by atoms with Crippen molar-refractivity contribution in [2.75, 3.05) is 18.4 Å². The number of nitrogens with zero attached hydrogens (tertiary/aromatic N) is 4. The maximum atomic E-state index is 6.02. The minimum atomic E-state index is 0.171. The molecule has 1 saturated heterocycles. The molecule has 152 valence electrons. The van der Waals surface area contributed by atoms with Gasteiger partial charge in [0.25, 0.3) is 0 Å². The zero-order chi connectivity index (χ0) is 20.5. The number of nitrogens with one attached hydrogen (secondary N) is 2. The van der Waals surface area contributed by atoms with Crippen molar-refractivity contribution < 1.29 is 4.74 Å². The van der Waals surface area contributed by atoms with Gasteiger partial charge in [-0.1, -0.05) is 6.07 Å². The highest BCUT2D eigenvalue weighted by molar-refractivity contribution is 7.21. The van der Waals surface area contributed by atoms with Crippen molar-refractivity contribution in [3.8, 4) is 16.6 Å². The molecule has 8 heteroatoms. The number of aryl methyl sites for hydroxylation is 2. The number of hydrogen-bond donors (Lipinski definition) is 2. The monoisotopic (exact) mass is 418 g/mol. The van der Waals surface area contributed by atoms with Gasteiger partial charge in [-0.3, -0.25) is 4.98 Å². The zero-order valence-corrected chi connectivity index (χ0v) is 17.7. The molecule has 0 radical (unpaired) electrons. The molecule has 5 rings (SSSR count). The van der Waals surface area contributed by atoms with E-state index in [4.69, 9.17) is 9.72 Å². The summed E-state index contributed by atoms with van der Waals surface area (Å²) in [5.74, 6) is 2.04. The summed E-state index contributed by atoms with van der Waals surface area (Å²) >= 11 is 1.60. The molecule has 0 amide bonds. The quantitative estimate of drug-likeness (QED) is 0.501. The van der Waals surface area contributed by atoms with Crippen LogP contribution < -0.4 is 15.4 Å². The van der Waals surface area contributed by atoms with Crippen molar-refractivity contribution in [1.82, 2.24) is 25.3 Å². The Bertz CT molecular complexity index is 1200. The van der Waals surface area contributed by atoms with Gasteiger partial charge in [0, 0.05) is 31.1 Å². The molecular formula is C22H22N6OS. The molecular weight excluding hydrogens is 396 g/mol. The van der Waals surface area contributed by atoms with Crippen LogP contribution in [-0.4, -0.2) is 39.1 Å². The van der Waals surface area contributed by atoms with Gasteiger partial charge in [-0.05, 0) is 50.1 Å². The molecule has 30 heavy (non-hydrogen) atoms. The number of thiazole rings is 1. The highest BCUT2D eigenvalue weighted by Crippen LogP contribution is 2.31. The predicted molar refractivity (Wildman–Crippen MR) is 120 cm³/mol. The number of rotatable bonds is 5. The third kappa shape index (κ3) is 3.96. The fourth-order valence-corrected chi connectivity index (χ4v) is 4.48. The lowest BCUT2D eigenvalue weighted by atomic mass is 10.2. The van der Waals surface area contributed by atoms with Gasteiger partial charge in [-0.2, -0.15) is 4.98 Å². The smallest absolute Gasteiger partial charge is 0.215 e. The normalized spacial score (nSPS) is 16.1. The Morgan fingerprint density at radius 2 is 2.07 bits per heavy atom. The second-order valence-corrected chi connectivity index (χ2v) is 8.48. The van der Waals surface area contributed by atoms with Crippen LogP contribution in [0.5, 0.6) is 5.88 Å². The molecule has 2 N–H and O–H groups in total. The predicted octanol–water partition coefficient (Wildman–Crippen LogP) is 4.25. The zero-order valence-electron chi connectivity index (χ0n) is 16.8. The summed E-state index contributed by atoms with van der Waals surface area (Å²) in [5.41, 5.74) is 3.99. The average molecular weight is 419 g/mol. The Morgan fingerprint density at radius 1 is 1.13 bits per heavy atom. The van der Waals surface area contributed by atoms with Crippen LogP contribution in [0.15, 0.2) is 42.7 Å². The fourth-order valence-electron chi connectivity index (χ4n) is 3.50. The second kappa shape index (κ2) is 7.97. The van der Waals surface area contributed by atoms with Crippen LogP contribution in [0.4, 0.5) is 11.6 Å². The largest absolute Gasteiger partial charge is 0.473 e. The van der Waals surface area contributed by atoms with Gasteiger partial charge in [0.05, 0.1) is 10.2 Å². The van der Waals surface area contributed by atoms with E-state index in [0.717, 1.165) is 51.6 Å². The summed E-state index contributed by atoms with van der Waals surface area (Å²) in [6.45, 7) is 5.92. The van der Waals surface area contributed by atoms with Gasteiger partial charge in [-0.25, -0.2) is 9.97 Å². The van der Waals surface area contributed by atoms with Crippen molar-refractivity contribution in [1.29, 1.82) is 0 Å². The van der Waals surface area contributed by atoms with E-state index in [1.165, 1.54) is 0 Å². The lowest BCUT2D eigenvalue weighted by molar-refractivity contribution is 0.214. The maximum absolute atomic E-state index is 6.02. The molecule has 5 heterocycles. The van der Waals surface area contributed by atoms with E-state index in [-0.39, 0.29) is 6.10 Å². The minimum absolute atomic E-state index is 0.171. The third-order valence-corrected chi connectivity index (χ3v) is 6.00. The molecule has 1 atom stereocenters. The number of hydrogen-bond acceptors (Lipinski definition) is 8. The molecule has 1 fully saturated rings. The molecule has 0 saturated carbocycles. The van der Waals surface area contributed by atoms with E-state index in [9.17, 15) is 0 Å². The van der Waals surface area contributed by atoms with Gasteiger partial charge in [0.1, 0.15) is 28.4 Å². The first-order valence-electron chi connectivity index (χ1n) is 9.96. The summed E-state index contributed by atoms with van der Waals surface area (Å²) in [7, 11) is 0. The molecule has 0 unspecified atom stereocenters.